The lowest BCUT2D eigenvalue weighted by atomic mass is 10.0. The fourth-order valence-corrected chi connectivity index (χ4v) is 3.10. The first-order chi connectivity index (χ1) is 11.0. The summed E-state index contributed by atoms with van der Waals surface area (Å²) in [7, 11) is 3.51. The van der Waals surface area contributed by atoms with Gasteiger partial charge in [0.25, 0.3) is 0 Å². The summed E-state index contributed by atoms with van der Waals surface area (Å²) in [4.78, 5) is 14.5. The molecule has 2 atom stereocenters. The van der Waals surface area contributed by atoms with Gasteiger partial charge in [0.1, 0.15) is 0 Å². The van der Waals surface area contributed by atoms with Gasteiger partial charge >= 0.3 is 0 Å². The molecule has 1 fully saturated rings. The number of methoxy groups -OCH3 is 1. The molecule has 0 bridgehead atoms. The van der Waals surface area contributed by atoms with E-state index in [1.807, 2.05) is 18.1 Å². The molecule has 8 heteroatoms. The second-order valence-corrected chi connectivity index (χ2v) is 6.39. The summed E-state index contributed by atoms with van der Waals surface area (Å²) in [6.07, 6.45) is 5.01. The van der Waals surface area contributed by atoms with E-state index in [2.05, 4.69) is 22.7 Å². The van der Waals surface area contributed by atoms with Crippen LogP contribution in [0.1, 0.15) is 25.3 Å². The highest BCUT2D eigenvalue weighted by molar-refractivity contribution is 7.80. The minimum atomic E-state index is 0.0743. The second-order valence-electron chi connectivity index (χ2n) is 5.99. The van der Waals surface area contributed by atoms with E-state index in [1.54, 1.807) is 18.0 Å². The van der Waals surface area contributed by atoms with Gasteiger partial charge in [-0.05, 0) is 25.6 Å². The van der Waals surface area contributed by atoms with Crippen molar-refractivity contribution in [2.45, 2.75) is 38.4 Å². The Balaban J connectivity index is 1.96. The van der Waals surface area contributed by atoms with Gasteiger partial charge in [0.05, 0.1) is 12.8 Å². The molecular weight excluding hydrogens is 314 g/mol. The van der Waals surface area contributed by atoms with Gasteiger partial charge in [-0.1, -0.05) is 0 Å². The standard InChI is InChI=1S/C15H25N5O2S/c1-11-6-13(18-15(23)17-11)7-14(21)20(4-5-22-3)10-12-8-16-19(2)9-12/h8-9,11,13H,4-7,10H2,1-3H3,(H2,17,18,23)/t11-,13+/m1/s1. The largest absolute Gasteiger partial charge is 0.383 e. The fraction of sp³-hybridized carbons (Fsp3) is 0.667. The number of aryl methyl sites for hydroxylation is 1. The maximum Gasteiger partial charge on any atom is 0.225 e. The zero-order valence-corrected chi connectivity index (χ0v) is 14.7. The van der Waals surface area contributed by atoms with Crippen LogP contribution in [0, 0.1) is 0 Å². The zero-order chi connectivity index (χ0) is 16.8. The molecule has 128 valence electrons. The number of aromatic nitrogens is 2. The number of nitrogens with one attached hydrogen (secondary N) is 2. The van der Waals surface area contributed by atoms with Crippen LogP contribution < -0.4 is 10.6 Å². The van der Waals surface area contributed by atoms with E-state index in [0.29, 0.717) is 31.2 Å². The summed E-state index contributed by atoms with van der Waals surface area (Å²) in [6.45, 7) is 3.69. The average molecular weight is 339 g/mol. The summed E-state index contributed by atoms with van der Waals surface area (Å²) in [5.41, 5.74) is 1.01. The second kappa shape index (κ2) is 8.26. The van der Waals surface area contributed by atoms with E-state index in [4.69, 9.17) is 17.0 Å². The Morgan fingerprint density at radius 3 is 2.96 bits per heavy atom. The molecule has 1 aromatic rings. The Morgan fingerprint density at radius 2 is 2.35 bits per heavy atom. The summed E-state index contributed by atoms with van der Waals surface area (Å²) in [5, 5.41) is 11.1. The molecule has 2 heterocycles. The highest BCUT2D eigenvalue weighted by Crippen LogP contribution is 2.12. The number of hydrogen-bond acceptors (Lipinski definition) is 4. The predicted octanol–water partition coefficient (Wildman–Crippen LogP) is 0.410. The minimum Gasteiger partial charge on any atom is -0.383 e. The zero-order valence-electron chi connectivity index (χ0n) is 13.9. The van der Waals surface area contributed by atoms with Crippen LogP contribution in [0.25, 0.3) is 0 Å². The van der Waals surface area contributed by atoms with Crippen molar-refractivity contribution >= 4 is 23.2 Å². The lowest BCUT2D eigenvalue weighted by Crippen LogP contribution is -2.54. The lowest BCUT2D eigenvalue weighted by Gasteiger charge is -2.32. The summed E-state index contributed by atoms with van der Waals surface area (Å²) < 4.78 is 6.87. The molecule has 0 radical (unpaired) electrons. The molecule has 0 unspecified atom stereocenters. The molecule has 0 aromatic carbocycles. The third-order valence-electron chi connectivity index (χ3n) is 3.82. The number of hydrogen-bond donors (Lipinski definition) is 2. The molecule has 0 saturated carbocycles. The third kappa shape index (κ3) is 5.47. The van der Waals surface area contributed by atoms with E-state index in [9.17, 15) is 4.79 Å². The topological polar surface area (TPSA) is 71.4 Å². The molecule has 1 aromatic heterocycles. The molecule has 2 N–H and O–H groups in total. The number of amides is 1. The minimum absolute atomic E-state index is 0.0743. The van der Waals surface area contributed by atoms with Crippen LogP contribution in [0.3, 0.4) is 0 Å². The molecule has 23 heavy (non-hydrogen) atoms. The SMILES string of the molecule is COCCN(Cc1cnn(C)c1)C(=O)C[C@@H]1C[C@@H](C)NC(=S)N1. The van der Waals surface area contributed by atoms with Crippen LogP contribution >= 0.6 is 12.2 Å². The molecule has 1 aliphatic heterocycles. The maximum atomic E-state index is 12.7. The summed E-state index contributed by atoms with van der Waals surface area (Å²) in [5.74, 6) is 0.0975. The monoisotopic (exact) mass is 339 g/mol. The van der Waals surface area contributed by atoms with E-state index in [-0.39, 0.29) is 18.0 Å². The number of thiocarbonyl (C=S) groups is 1. The van der Waals surface area contributed by atoms with Crippen molar-refractivity contribution in [2.24, 2.45) is 7.05 Å². The van der Waals surface area contributed by atoms with E-state index >= 15 is 0 Å². The van der Waals surface area contributed by atoms with Crippen LogP contribution in [0.15, 0.2) is 12.4 Å². The Hall–Kier alpha value is -1.67. The molecule has 7 nitrogen and oxygen atoms in total. The average Bonchev–Trinajstić information content (AvgIpc) is 2.87. The van der Waals surface area contributed by atoms with Crippen molar-refractivity contribution in [3.8, 4) is 0 Å². The van der Waals surface area contributed by atoms with Gasteiger partial charge in [0.15, 0.2) is 5.11 Å². The van der Waals surface area contributed by atoms with E-state index < -0.39 is 0 Å². The van der Waals surface area contributed by atoms with Crippen molar-refractivity contribution < 1.29 is 9.53 Å². The summed E-state index contributed by atoms with van der Waals surface area (Å²) in [6, 6.07) is 0.359. The first-order valence-corrected chi connectivity index (χ1v) is 8.20. The van der Waals surface area contributed by atoms with Crippen LogP contribution in [-0.2, 0) is 23.1 Å². The smallest absolute Gasteiger partial charge is 0.225 e. The molecule has 1 amide bonds. The molecule has 1 aliphatic rings. The third-order valence-corrected chi connectivity index (χ3v) is 4.06. The Bertz CT molecular complexity index is 548. The van der Waals surface area contributed by atoms with Crippen LogP contribution in [0.5, 0.6) is 0 Å². The van der Waals surface area contributed by atoms with Gasteiger partial charge in [-0.3, -0.25) is 9.48 Å². The highest BCUT2D eigenvalue weighted by atomic mass is 32.1. The normalized spacial score (nSPS) is 20.7. The van der Waals surface area contributed by atoms with Gasteiger partial charge in [0, 0.05) is 57.5 Å². The van der Waals surface area contributed by atoms with Crippen LogP contribution in [0.2, 0.25) is 0 Å². The summed E-state index contributed by atoms with van der Waals surface area (Å²) >= 11 is 5.18. The number of rotatable bonds is 7. The predicted molar refractivity (Wildman–Crippen MR) is 91.9 cm³/mol. The quantitative estimate of drug-likeness (QED) is 0.701. The van der Waals surface area contributed by atoms with Crippen LogP contribution in [-0.4, -0.2) is 58.0 Å². The van der Waals surface area contributed by atoms with Gasteiger partial charge in [-0.15, -0.1) is 0 Å². The van der Waals surface area contributed by atoms with Crippen molar-refractivity contribution in [1.82, 2.24) is 25.3 Å². The number of ether oxygens (including phenoxy) is 1. The first-order valence-electron chi connectivity index (χ1n) is 7.79. The van der Waals surface area contributed by atoms with Gasteiger partial charge in [0.2, 0.25) is 5.91 Å². The number of carbonyl (C=O) groups excluding carboxylic acids is 1. The van der Waals surface area contributed by atoms with Crippen molar-refractivity contribution in [1.29, 1.82) is 0 Å². The first kappa shape index (κ1) is 17.7. The fourth-order valence-electron chi connectivity index (χ4n) is 2.74. The molecule has 0 spiro atoms. The van der Waals surface area contributed by atoms with Gasteiger partial charge < -0.3 is 20.3 Å². The highest BCUT2D eigenvalue weighted by Gasteiger charge is 2.25. The molecular formula is C15H25N5O2S. The Morgan fingerprint density at radius 1 is 1.57 bits per heavy atom. The van der Waals surface area contributed by atoms with Gasteiger partial charge in [-0.25, -0.2) is 0 Å². The maximum absolute atomic E-state index is 12.7. The lowest BCUT2D eigenvalue weighted by molar-refractivity contribution is -0.133. The Labute approximate surface area is 142 Å². The van der Waals surface area contributed by atoms with Crippen molar-refractivity contribution in [3.05, 3.63) is 18.0 Å². The van der Waals surface area contributed by atoms with Crippen molar-refractivity contribution in [2.75, 3.05) is 20.3 Å². The number of nitrogens with zero attached hydrogens (tertiary/aromatic N) is 3. The number of carbonyl (C=O) groups is 1. The Kier molecular flexibility index (Phi) is 6.35. The van der Waals surface area contributed by atoms with E-state index in [1.165, 1.54) is 0 Å². The molecule has 0 aliphatic carbocycles. The van der Waals surface area contributed by atoms with Crippen LogP contribution in [0.4, 0.5) is 0 Å². The molecule has 1 saturated heterocycles. The van der Waals surface area contributed by atoms with Crippen molar-refractivity contribution in [3.63, 3.8) is 0 Å². The molecule has 2 rings (SSSR count). The van der Waals surface area contributed by atoms with E-state index in [0.717, 1.165) is 12.0 Å². The van der Waals surface area contributed by atoms with Gasteiger partial charge in [-0.2, -0.15) is 5.10 Å².